The summed E-state index contributed by atoms with van der Waals surface area (Å²) >= 11 is 1.16. The van der Waals surface area contributed by atoms with Crippen LogP contribution in [0.2, 0.25) is 0 Å². The van der Waals surface area contributed by atoms with Crippen molar-refractivity contribution in [2.45, 2.75) is 12.7 Å². The minimum Gasteiger partial charge on any atom is -0.477 e. The van der Waals surface area contributed by atoms with Gasteiger partial charge in [0.1, 0.15) is 16.0 Å². The van der Waals surface area contributed by atoms with Crippen LogP contribution in [0.15, 0.2) is 0 Å². The first-order valence-corrected chi connectivity index (χ1v) is 6.08. The third-order valence-electron chi connectivity index (χ3n) is 2.39. The molecule has 2 heterocycles. The number of carbonyl (C=O) groups is 1. The lowest BCUT2D eigenvalue weighted by Crippen LogP contribution is -2.33. The predicted molar refractivity (Wildman–Crippen MR) is 61.3 cm³/mol. The number of morpholine rings is 1. The lowest BCUT2D eigenvalue weighted by molar-refractivity contribution is 0.0273. The fourth-order valence-corrected chi connectivity index (χ4v) is 2.59. The van der Waals surface area contributed by atoms with E-state index in [-0.39, 0.29) is 17.6 Å². The molecular formula is C10H14N2O4S. The maximum atomic E-state index is 11.1. The molecule has 0 aliphatic carbocycles. The SMILES string of the molecule is COCc1nc(C2CNCCO2)sc1C(=O)O. The van der Waals surface area contributed by atoms with E-state index in [2.05, 4.69) is 10.3 Å². The highest BCUT2D eigenvalue weighted by molar-refractivity contribution is 7.13. The maximum absolute atomic E-state index is 11.1. The molecule has 0 bridgehead atoms. The molecule has 0 amide bonds. The number of ether oxygens (including phenoxy) is 2. The Morgan fingerprint density at radius 3 is 3.18 bits per heavy atom. The molecule has 1 aromatic rings. The van der Waals surface area contributed by atoms with Gasteiger partial charge in [-0.3, -0.25) is 0 Å². The van der Waals surface area contributed by atoms with Crippen molar-refractivity contribution < 1.29 is 19.4 Å². The molecule has 2 rings (SSSR count). The van der Waals surface area contributed by atoms with E-state index in [1.165, 1.54) is 7.11 Å². The van der Waals surface area contributed by atoms with Crippen LogP contribution in [-0.4, -0.2) is 42.9 Å². The van der Waals surface area contributed by atoms with Crippen molar-refractivity contribution in [2.75, 3.05) is 26.8 Å². The van der Waals surface area contributed by atoms with E-state index >= 15 is 0 Å². The second kappa shape index (κ2) is 5.54. The van der Waals surface area contributed by atoms with E-state index in [0.29, 0.717) is 23.9 Å². The lowest BCUT2D eigenvalue weighted by atomic mass is 10.3. The van der Waals surface area contributed by atoms with Crippen molar-refractivity contribution in [1.82, 2.24) is 10.3 Å². The number of hydrogen-bond donors (Lipinski definition) is 2. The molecule has 0 radical (unpaired) electrons. The summed E-state index contributed by atoms with van der Waals surface area (Å²) in [5.41, 5.74) is 0.467. The Balaban J connectivity index is 2.22. The summed E-state index contributed by atoms with van der Waals surface area (Å²) in [6, 6.07) is 0. The molecule has 2 N–H and O–H groups in total. The van der Waals surface area contributed by atoms with Gasteiger partial charge < -0.3 is 19.9 Å². The van der Waals surface area contributed by atoms with Crippen LogP contribution in [0.1, 0.15) is 26.5 Å². The van der Waals surface area contributed by atoms with Gasteiger partial charge >= 0.3 is 5.97 Å². The van der Waals surface area contributed by atoms with Crippen LogP contribution in [0.3, 0.4) is 0 Å². The van der Waals surface area contributed by atoms with Gasteiger partial charge in [0.15, 0.2) is 0 Å². The van der Waals surface area contributed by atoms with Crippen LogP contribution in [-0.2, 0) is 16.1 Å². The van der Waals surface area contributed by atoms with E-state index in [0.717, 1.165) is 17.9 Å². The minimum absolute atomic E-state index is 0.155. The van der Waals surface area contributed by atoms with Crippen molar-refractivity contribution in [3.05, 3.63) is 15.6 Å². The fourth-order valence-electron chi connectivity index (χ4n) is 1.63. The zero-order valence-corrected chi connectivity index (χ0v) is 10.2. The molecule has 1 fully saturated rings. The molecule has 94 valence electrons. The molecule has 17 heavy (non-hydrogen) atoms. The topological polar surface area (TPSA) is 80.7 Å². The smallest absolute Gasteiger partial charge is 0.347 e. The summed E-state index contributed by atoms with van der Waals surface area (Å²) in [6.45, 7) is 2.31. The number of aromatic carboxylic acids is 1. The third kappa shape index (κ3) is 2.81. The number of rotatable bonds is 4. The van der Waals surface area contributed by atoms with Gasteiger partial charge in [-0.1, -0.05) is 0 Å². The minimum atomic E-state index is -0.968. The highest BCUT2D eigenvalue weighted by Crippen LogP contribution is 2.27. The molecule has 1 unspecified atom stereocenters. The van der Waals surface area contributed by atoms with Gasteiger partial charge in [-0.25, -0.2) is 9.78 Å². The first-order valence-electron chi connectivity index (χ1n) is 5.26. The third-order valence-corrected chi connectivity index (χ3v) is 3.57. The van der Waals surface area contributed by atoms with Gasteiger partial charge in [-0.05, 0) is 0 Å². The van der Waals surface area contributed by atoms with Crippen LogP contribution < -0.4 is 5.32 Å². The van der Waals surface area contributed by atoms with Crippen LogP contribution >= 0.6 is 11.3 Å². The van der Waals surface area contributed by atoms with Gasteiger partial charge in [0.25, 0.3) is 0 Å². The summed E-state index contributed by atoms with van der Waals surface area (Å²) in [7, 11) is 1.52. The molecule has 0 spiro atoms. The van der Waals surface area contributed by atoms with E-state index < -0.39 is 5.97 Å². The Morgan fingerprint density at radius 1 is 1.76 bits per heavy atom. The summed E-state index contributed by atoms with van der Waals surface area (Å²) < 4.78 is 10.5. The quantitative estimate of drug-likeness (QED) is 0.825. The van der Waals surface area contributed by atoms with Gasteiger partial charge in [-0.2, -0.15) is 0 Å². The first-order chi connectivity index (χ1) is 8.22. The van der Waals surface area contributed by atoms with Gasteiger partial charge in [0, 0.05) is 20.2 Å². The normalized spacial score (nSPS) is 20.4. The molecule has 1 aliphatic rings. The predicted octanol–water partition coefficient (Wildman–Crippen LogP) is 0.649. The number of hydrogen-bond acceptors (Lipinski definition) is 6. The lowest BCUT2D eigenvalue weighted by Gasteiger charge is -2.21. The summed E-state index contributed by atoms with van der Waals surface area (Å²) in [5, 5.41) is 12.9. The Labute approximate surface area is 103 Å². The Hall–Kier alpha value is -1.02. The van der Waals surface area contributed by atoms with E-state index in [1.54, 1.807) is 0 Å². The Bertz CT molecular complexity index is 401. The Morgan fingerprint density at radius 2 is 2.59 bits per heavy atom. The number of nitrogens with one attached hydrogen (secondary N) is 1. The molecule has 0 aromatic carbocycles. The van der Waals surface area contributed by atoms with Crippen molar-refractivity contribution in [3.8, 4) is 0 Å². The van der Waals surface area contributed by atoms with Gasteiger partial charge in [-0.15, -0.1) is 11.3 Å². The highest BCUT2D eigenvalue weighted by Gasteiger charge is 2.24. The van der Waals surface area contributed by atoms with Crippen LogP contribution in [0.5, 0.6) is 0 Å². The van der Waals surface area contributed by atoms with Gasteiger partial charge in [0.2, 0.25) is 0 Å². The monoisotopic (exact) mass is 258 g/mol. The highest BCUT2D eigenvalue weighted by atomic mass is 32.1. The van der Waals surface area contributed by atoms with Gasteiger partial charge in [0.05, 0.1) is 18.9 Å². The average Bonchev–Trinajstić information content (AvgIpc) is 2.75. The van der Waals surface area contributed by atoms with E-state index in [4.69, 9.17) is 14.6 Å². The van der Waals surface area contributed by atoms with Crippen molar-refractivity contribution in [1.29, 1.82) is 0 Å². The van der Waals surface area contributed by atoms with Crippen molar-refractivity contribution >= 4 is 17.3 Å². The number of thiazole rings is 1. The number of nitrogens with zero attached hydrogens (tertiary/aromatic N) is 1. The first kappa shape index (κ1) is 12.4. The maximum Gasteiger partial charge on any atom is 0.347 e. The molecule has 1 aromatic heterocycles. The van der Waals surface area contributed by atoms with E-state index in [9.17, 15) is 4.79 Å². The average molecular weight is 258 g/mol. The molecule has 0 saturated carbocycles. The standard InChI is InChI=1S/C10H14N2O4S/c1-15-5-6-8(10(13)14)17-9(12-6)7-4-11-2-3-16-7/h7,11H,2-5H2,1H3,(H,13,14). The molecule has 1 aliphatic heterocycles. The van der Waals surface area contributed by atoms with E-state index in [1.807, 2.05) is 0 Å². The summed E-state index contributed by atoms with van der Waals surface area (Å²) in [5.74, 6) is -0.968. The fraction of sp³-hybridized carbons (Fsp3) is 0.600. The molecule has 7 heteroatoms. The zero-order valence-electron chi connectivity index (χ0n) is 9.43. The molecule has 1 atom stereocenters. The number of methoxy groups -OCH3 is 1. The number of carboxylic acid groups (broad SMARTS) is 1. The summed E-state index contributed by atoms with van der Waals surface area (Å²) in [4.78, 5) is 15.6. The summed E-state index contributed by atoms with van der Waals surface area (Å²) in [6.07, 6.45) is -0.155. The largest absolute Gasteiger partial charge is 0.477 e. The van der Waals surface area contributed by atoms with Crippen LogP contribution in [0.4, 0.5) is 0 Å². The van der Waals surface area contributed by atoms with Crippen LogP contribution in [0.25, 0.3) is 0 Å². The second-order valence-electron chi connectivity index (χ2n) is 3.63. The molecular weight excluding hydrogens is 244 g/mol. The van der Waals surface area contributed by atoms with Crippen LogP contribution in [0, 0.1) is 0 Å². The Kier molecular flexibility index (Phi) is 4.06. The number of aromatic nitrogens is 1. The molecule has 6 nitrogen and oxygen atoms in total. The van der Waals surface area contributed by atoms with Crippen molar-refractivity contribution in [3.63, 3.8) is 0 Å². The number of carboxylic acids is 1. The second-order valence-corrected chi connectivity index (χ2v) is 4.66. The molecule has 1 saturated heterocycles. The zero-order chi connectivity index (χ0) is 12.3. The van der Waals surface area contributed by atoms with Crippen molar-refractivity contribution in [2.24, 2.45) is 0 Å².